The van der Waals surface area contributed by atoms with Gasteiger partial charge in [0.25, 0.3) is 5.91 Å². The zero-order chi connectivity index (χ0) is 15.0. The van der Waals surface area contributed by atoms with Crippen molar-refractivity contribution in [1.29, 1.82) is 0 Å². The third-order valence-electron chi connectivity index (χ3n) is 3.69. The van der Waals surface area contributed by atoms with Crippen LogP contribution in [0.15, 0.2) is 18.2 Å². The van der Waals surface area contributed by atoms with Crippen LogP contribution in [0, 0.1) is 6.92 Å². The van der Waals surface area contributed by atoms with Gasteiger partial charge in [-0.15, -0.1) is 11.3 Å². The summed E-state index contributed by atoms with van der Waals surface area (Å²) in [5, 5.41) is 6.63. The lowest BCUT2D eigenvalue weighted by molar-refractivity contribution is -0.122. The molecule has 6 heteroatoms. The number of carbonyl (C=O) groups is 2. The smallest absolute Gasteiger partial charge is 0.263 e. The molecule has 2 amide bonds. The van der Waals surface area contributed by atoms with Crippen LogP contribution in [-0.2, 0) is 4.79 Å². The minimum absolute atomic E-state index is 0.0263. The highest BCUT2D eigenvalue weighted by atomic mass is 32.1. The predicted molar refractivity (Wildman–Crippen MR) is 84.5 cm³/mol. The number of aryl methyl sites for hydroxylation is 1. The quantitative estimate of drug-likeness (QED) is 0.791. The van der Waals surface area contributed by atoms with Crippen LogP contribution in [-0.4, -0.2) is 24.4 Å². The first-order chi connectivity index (χ1) is 10.0. The van der Waals surface area contributed by atoms with E-state index in [1.165, 1.54) is 11.3 Å². The number of fused-ring (bicyclic) bond motifs is 1. The van der Waals surface area contributed by atoms with E-state index in [2.05, 4.69) is 10.6 Å². The van der Waals surface area contributed by atoms with Crippen LogP contribution in [0.3, 0.4) is 0 Å². The molecule has 2 heterocycles. The monoisotopic (exact) mass is 303 g/mol. The molecule has 2 aromatic rings. The van der Waals surface area contributed by atoms with Crippen molar-refractivity contribution >= 4 is 38.9 Å². The lowest BCUT2D eigenvalue weighted by Crippen LogP contribution is -2.47. The van der Waals surface area contributed by atoms with Crippen LogP contribution in [0.5, 0.6) is 0 Å². The number of benzene rings is 1. The van der Waals surface area contributed by atoms with E-state index < -0.39 is 0 Å². The molecule has 1 aromatic heterocycles. The van der Waals surface area contributed by atoms with E-state index in [0.29, 0.717) is 30.0 Å². The molecule has 1 atom stereocenters. The van der Waals surface area contributed by atoms with Gasteiger partial charge in [-0.05, 0) is 25.0 Å². The summed E-state index contributed by atoms with van der Waals surface area (Å²) in [6.45, 7) is 2.49. The molecule has 1 aliphatic rings. The molecular weight excluding hydrogens is 286 g/mol. The van der Waals surface area contributed by atoms with Crippen LogP contribution >= 0.6 is 11.3 Å². The molecule has 1 aromatic carbocycles. The zero-order valence-corrected chi connectivity index (χ0v) is 12.5. The number of nitrogens with two attached hydrogens (primary N) is 1. The molecule has 1 fully saturated rings. The number of rotatable bonds is 2. The van der Waals surface area contributed by atoms with Gasteiger partial charge in [0, 0.05) is 29.1 Å². The number of hydrogen-bond donors (Lipinski definition) is 3. The third-order valence-corrected chi connectivity index (χ3v) is 4.86. The lowest BCUT2D eigenvalue weighted by atomic mass is 10.1. The molecular formula is C15H17N3O2S. The van der Waals surface area contributed by atoms with Crippen molar-refractivity contribution in [2.45, 2.75) is 25.8 Å². The van der Waals surface area contributed by atoms with E-state index in [-0.39, 0.29) is 17.9 Å². The maximum atomic E-state index is 12.4. The molecule has 3 rings (SSSR count). The molecule has 21 heavy (non-hydrogen) atoms. The number of nitrogen functional groups attached to an aromatic ring is 1. The van der Waals surface area contributed by atoms with Gasteiger partial charge < -0.3 is 16.4 Å². The van der Waals surface area contributed by atoms with Crippen LogP contribution in [0.2, 0.25) is 0 Å². The van der Waals surface area contributed by atoms with Crippen molar-refractivity contribution in [1.82, 2.24) is 10.6 Å². The fraction of sp³-hybridized carbons (Fsp3) is 0.333. The number of amides is 2. The van der Waals surface area contributed by atoms with Gasteiger partial charge in [-0.1, -0.05) is 12.1 Å². The minimum Gasteiger partial charge on any atom is -0.397 e. The molecule has 5 nitrogen and oxygen atoms in total. The second-order valence-corrected chi connectivity index (χ2v) is 6.41. The second kappa shape index (κ2) is 5.37. The van der Waals surface area contributed by atoms with Crippen molar-refractivity contribution in [3.05, 3.63) is 28.6 Å². The summed E-state index contributed by atoms with van der Waals surface area (Å²) in [4.78, 5) is 24.1. The predicted octanol–water partition coefficient (Wildman–Crippen LogP) is 1.80. The topological polar surface area (TPSA) is 84.2 Å². The minimum atomic E-state index is -0.160. The van der Waals surface area contributed by atoms with Crippen LogP contribution in [0.4, 0.5) is 5.69 Å². The standard InChI is InChI=1S/C15H17N3O2S/c1-8-2-4-10-11(6-8)21-14(13(10)16)15(20)18-9-3-5-12(19)17-7-9/h2,4,6,9H,3,5,7,16H2,1H3,(H,17,19)(H,18,20). The summed E-state index contributed by atoms with van der Waals surface area (Å²) >= 11 is 1.41. The van der Waals surface area contributed by atoms with E-state index in [1.54, 1.807) is 0 Å². The molecule has 1 aliphatic heterocycles. The molecule has 4 N–H and O–H groups in total. The molecule has 0 radical (unpaired) electrons. The van der Waals surface area contributed by atoms with Crippen molar-refractivity contribution < 1.29 is 9.59 Å². The normalized spacial score (nSPS) is 18.5. The Hall–Kier alpha value is -2.08. The highest BCUT2D eigenvalue weighted by molar-refractivity contribution is 7.21. The fourth-order valence-corrected chi connectivity index (χ4v) is 3.62. The number of nitrogens with one attached hydrogen (secondary N) is 2. The van der Waals surface area contributed by atoms with Gasteiger partial charge in [0.1, 0.15) is 4.88 Å². The maximum Gasteiger partial charge on any atom is 0.263 e. The average Bonchev–Trinajstić information content (AvgIpc) is 2.78. The van der Waals surface area contributed by atoms with Crippen LogP contribution in [0.25, 0.3) is 10.1 Å². The Balaban J connectivity index is 1.81. The third kappa shape index (κ3) is 2.71. The van der Waals surface area contributed by atoms with Gasteiger partial charge >= 0.3 is 0 Å². The fourth-order valence-electron chi connectivity index (χ4n) is 2.50. The molecule has 0 spiro atoms. The SMILES string of the molecule is Cc1ccc2c(N)c(C(=O)NC3CCC(=O)NC3)sc2c1. The zero-order valence-electron chi connectivity index (χ0n) is 11.7. The average molecular weight is 303 g/mol. The Kier molecular flexibility index (Phi) is 3.55. The molecule has 0 aliphatic carbocycles. The highest BCUT2D eigenvalue weighted by Gasteiger charge is 2.22. The molecule has 0 bridgehead atoms. The van der Waals surface area contributed by atoms with E-state index in [0.717, 1.165) is 15.6 Å². The largest absolute Gasteiger partial charge is 0.397 e. The number of thiophene rings is 1. The lowest BCUT2D eigenvalue weighted by Gasteiger charge is -2.23. The maximum absolute atomic E-state index is 12.4. The highest BCUT2D eigenvalue weighted by Crippen LogP contribution is 2.34. The Morgan fingerprint density at radius 2 is 2.29 bits per heavy atom. The van der Waals surface area contributed by atoms with Crippen molar-refractivity contribution in [2.24, 2.45) is 0 Å². The first kappa shape index (κ1) is 13.9. The number of piperidine rings is 1. The summed E-state index contributed by atoms with van der Waals surface area (Å²) in [5.74, 6) is -0.121. The molecule has 110 valence electrons. The van der Waals surface area contributed by atoms with Gasteiger partial charge in [0.15, 0.2) is 0 Å². The summed E-state index contributed by atoms with van der Waals surface area (Å²) in [6.07, 6.45) is 1.12. The van der Waals surface area contributed by atoms with E-state index in [9.17, 15) is 9.59 Å². The summed E-state index contributed by atoms with van der Waals surface area (Å²) in [6, 6.07) is 5.95. The first-order valence-electron chi connectivity index (χ1n) is 6.91. The van der Waals surface area contributed by atoms with Gasteiger partial charge in [-0.3, -0.25) is 9.59 Å². The van der Waals surface area contributed by atoms with Crippen molar-refractivity contribution in [3.63, 3.8) is 0 Å². The van der Waals surface area contributed by atoms with Crippen molar-refractivity contribution in [2.75, 3.05) is 12.3 Å². The van der Waals surface area contributed by atoms with Gasteiger partial charge in [0.2, 0.25) is 5.91 Å². The Labute approximate surface area is 126 Å². The van der Waals surface area contributed by atoms with Crippen LogP contribution < -0.4 is 16.4 Å². The molecule has 1 unspecified atom stereocenters. The second-order valence-electron chi connectivity index (χ2n) is 5.36. The summed E-state index contributed by atoms with van der Waals surface area (Å²) in [5.41, 5.74) is 7.78. The van der Waals surface area contributed by atoms with Gasteiger partial charge in [0.05, 0.1) is 5.69 Å². The van der Waals surface area contributed by atoms with Gasteiger partial charge in [-0.25, -0.2) is 0 Å². The van der Waals surface area contributed by atoms with E-state index in [1.807, 2.05) is 25.1 Å². The van der Waals surface area contributed by atoms with E-state index >= 15 is 0 Å². The Bertz CT molecular complexity index is 713. The van der Waals surface area contributed by atoms with Crippen LogP contribution in [0.1, 0.15) is 28.1 Å². The number of hydrogen-bond acceptors (Lipinski definition) is 4. The number of carbonyl (C=O) groups excluding carboxylic acids is 2. The first-order valence-corrected chi connectivity index (χ1v) is 7.72. The molecule has 1 saturated heterocycles. The Morgan fingerprint density at radius 1 is 1.48 bits per heavy atom. The number of anilines is 1. The van der Waals surface area contributed by atoms with E-state index in [4.69, 9.17) is 5.73 Å². The van der Waals surface area contributed by atoms with Gasteiger partial charge in [-0.2, -0.15) is 0 Å². The molecule has 0 saturated carbocycles. The van der Waals surface area contributed by atoms with Crippen molar-refractivity contribution in [3.8, 4) is 0 Å². The summed E-state index contributed by atoms with van der Waals surface area (Å²) in [7, 11) is 0. The Morgan fingerprint density at radius 3 is 3.00 bits per heavy atom. The summed E-state index contributed by atoms with van der Waals surface area (Å²) < 4.78 is 1.02.